The molecule has 10 aromatic rings. The lowest BCUT2D eigenvalue weighted by atomic mass is 10.1. The fourth-order valence-corrected chi connectivity index (χ4v) is 13.2. The SMILES string of the molecule is Cc1ccc(/C=C/c2ccc3c(c2)sc2c4ccc(Sc5ccc6c(c5)sc5c7ccc(/C=C/c8ccc(C)cc8)cc7sc65)cc4sc32)cc1. The minimum absolute atomic E-state index is 1.23. The van der Waals surface area contributed by atoms with Gasteiger partial charge >= 0.3 is 0 Å². The predicted octanol–water partition coefficient (Wildman–Crippen LogP) is 16.0. The summed E-state index contributed by atoms with van der Waals surface area (Å²) in [6.07, 6.45) is 8.85. The molecule has 0 atom stereocenters. The highest BCUT2D eigenvalue weighted by Crippen LogP contribution is 2.48. The van der Waals surface area contributed by atoms with Crippen LogP contribution >= 0.6 is 57.1 Å². The van der Waals surface area contributed by atoms with Gasteiger partial charge in [0.2, 0.25) is 0 Å². The largest absolute Gasteiger partial charge is 0.134 e. The molecule has 244 valence electrons. The zero-order chi connectivity index (χ0) is 34.1. The average Bonchev–Trinajstić information content (AvgIpc) is 3.88. The molecule has 0 N–H and O–H groups in total. The number of rotatable bonds is 6. The van der Waals surface area contributed by atoms with Gasteiger partial charge in [0.25, 0.3) is 0 Å². The van der Waals surface area contributed by atoms with Gasteiger partial charge in [-0.15, -0.1) is 45.3 Å². The molecule has 4 heterocycles. The Morgan fingerprint density at radius 1 is 0.353 bits per heavy atom. The Hall–Kier alpha value is -4.49. The molecule has 0 fully saturated rings. The molecule has 0 nitrogen and oxygen atoms in total. The minimum atomic E-state index is 1.23. The molecule has 0 spiro atoms. The maximum atomic E-state index is 2.39. The highest BCUT2D eigenvalue weighted by Gasteiger charge is 2.15. The van der Waals surface area contributed by atoms with Crippen molar-refractivity contribution in [2.24, 2.45) is 0 Å². The zero-order valence-electron chi connectivity index (χ0n) is 27.9. The lowest BCUT2D eigenvalue weighted by Gasteiger charge is -2.03. The molecule has 10 rings (SSSR count). The van der Waals surface area contributed by atoms with Crippen molar-refractivity contribution in [1.82, 2.24) is 0 Å². The monoisotopic (exact) mass is 742 g/mol. The molecular weight excluding hydrogens is 713 g/mol. The molecular formula is C46H30S5. The highest BCUT2D eigenvalue weighted by molar-refractivity contribution is 7.99. The topological polar surface area (TPSA) is 0 Å². The molecule has 0 aliphatic carbocycles. The van der Waals surface area contributed by atoms with Gasteiger partial charge in [0.15, 0.2) is 0 Å². The van der Waals surface area contributed by atoms with Crippen LogP contribution in [0, 0.1) is 13.8 Å². The van der Waals surface area contributed by atoms with Crippen LogP contribution in [0.2, 0.25) is 0 Å². The molecule has 0 aliphatic rings. The Morgan fingerprint density at radius 2 is 0.667 bits per heavy atom. The van der Waals surface area contributed by atoms with Gasteiger partial charge in [0.1, 0.15) is 0 Å². The first-order valence-electron chi connectivity index (χ1n) is 17.0. The number of thiophene rings is 4. The maximum absolute atomic E-state index is 2.39. The van der Waals surface area contributed by atoms with Crippen molar-refractivity contribution >= 4 is 141 Å². The molecule has 51 heavy (non-hydrogen) atoms. The van der Waals surface area contributed by atoms with Crippen LogP contribution in [0.3, 0.4) is 0 Å². The van der Waals surface area contributed by atoms with E-state index in [2.05, 4.69) is 159 Å². The Morgan fingerprint density at radius 3 is 1.06 bits per heavy atom. The van der Waals surface area contributed by atoms with Crippen LogP contribution in [0.15, 0.2) is 131 Å². The van der Waals surface area contributed by atoms with Crippen LogP contribution < -0.4 is 0 Å². The second kappa shape index (κ2) is 12.6. The van der Waals surface area contributed by atoms with Crippen LogP contribution in [-0.4, -0.2) is 0 Å². The maximum Gasteiger partial charge on any atom is 0.0542 e. The fourth-order valence-electron chi connectivity index (χ4n) is 6.72. The summed E-state index contributed by atoms with van der Waals surface area (Å²) in [5, 5.41) is 5.46. The Labute approximate surface area is 316 Å². The molecule has 0 bridgehead atoms. The van der Waals surface area contributed by atoms with Gasteiger partial charge in [-0.1, -0.05) is 132 Å². The van der Waals surface area contributed by atoms with Gasteiger partial charge in [0, 0.05) is 50.1 Å². The number of hydrogen-bond donors (Lipinski definition) is 0. The van der Waals surface area contributed by atoms with Crippen LogP contribution in [0.5, 0.6) is 0 Å². The third-order valence-electron chi connectivity index (χ3n) is 9.48. The van der Waals surface area contributed by atoms with E-state index in [-0.39, 0.29) is 0 Å². The highest BCUT2D eigenvalue weighted by atomic mass is 32.2. The molecule has 0 radical (unpaired) electrons. The van der Waals surface area contributed by atoms with E-state index in [4.69, 9.17) is 0 Å². The third-order valence-corrected chi connectivity index (χ3v) is 15.5. The van der Waals surface area contributed by atoms with Crippen molar-refractivity contribution in [3.05, 3.63) is 155 Å². The summed E-state index contributed by atoms with van der Waals surface area (Å²) in [5.41, 5.74) is 7.52. The van der Waals surface area contributed by atoms with E-state index < -0.39 is 0 Å². The normalized spacial score (nSPS) is 12.4. The summed E-state index contributed by atoms with van der Waals surface area (Å²) >= 11 is 9.57. The van der Waals surface area contributed by atoms with E-state index in [1.807, 2.05) is 57.1 Å². The van der Waals surface area contributed by atoms with Crippen molar-refractivity contribution in [2.75, 3.05) is 0 Å². The Balaban J connectivity index is 0.904. The number of aryl methyl sites for hydroxylation is 2. The molecule has 0 amide bonds. The molecule has 0 unspecified atom stereocenters. The molecule has 0 saturated heterocycles. The van der Waals surface area contributed by atoms with Crippen LogP contribution in [0.25, 0.3) is 83.4 Å². The average molecular weight is 743 g/mol. The molecule has 6 aromatic carbocycles. The molecule has 5 heteroatoms. The van der Waals surface area contributed by atoms with Gasteiger partial charge in [-0.3, -0.25) is 0 Å². The van der Waals surface area contributed by atoms with E-state index in [1.54, 1.807) is 0 Å². The van der Waals surface area contributed by atoms with Gasteiger partial charge in [-0.25, -0.2) is 0 Å². The standard InChI is InChI=1S/C46H30S5/c1-27-3-7-29(8-4-27)11-13-31-15-19-35-39(23-31)48-45-37-21-17-33(25-41(37)50-43(35)45)47-34-18-22-38-42(26-34)51-44-36-20-16-32(24-40(36)49-46(38)44)14-12-30-9-5-28(2)6-10-30/h3-26H,1-2H3/b13-11+,14-12+. The first kappa shape index (κ1) is 31.3. The van der Waals surface area contributed by atoms with Crippen molar-refractivity contribution in [3.8, 4) is 0 Å². The molecule has 0 saturated carbocycles. The van der Waals surface area contributed by atoms with Crippen molar-refractivity contribution in [2.45, 2.75) is 23.6 Å². The van der Waals surface area contributed by atoms with Gasteiger partial charge < -0.3 is 0 Å². The number of hydrogen-bond acceptors (Lipinski definition) is 5. The van der Waals surface area contributed by atoms with Crippen LogP contribution in [0.4, 0.5) is 0 Å². The van der Waals surface area contributed by atoms with E-state index in [9.17, 15) is 0 Å². The second-order valence-corrected chi connectivity index (χ2v) is 18.5. The first-order valence-corrected chi connectivity index (χ1v) is 21.0. The predicted molar refractivity (Wildman–Crippen MR) is 234 cm³/mol. The van der Waals surface area contributed by atoms with Crippen LogP contribution in [-0.2, 0) is 0 Å². The van der Waals surface area contributed by atoms with Gasteiger partial charge in [-0.2, -0.15) is 0 Å². The summed E-state index contributed by atoms with van der Waals surface area (Å²) in [7, 11) is 0. The third kappa shape index (κ3) is 5.84. The fraction of sp³-hybridized carbons (Fsp3) is 0.0435. The Kier molecular flexibility index (Phi) is 7.74. The molecule has 4 aromatic heterocycles. The van der Waals surface area contributed by atoms with Crippen LogP contribution in [0.1, 0.15) is 33.4 Å². The quantitative estimate of drug-likeness (QED) is 0.153. The number of fused-ring (bicyclic) bond motifs is 10. The number of benzene rings is 6. The summed E-state index contributed by atoms with van der Waals surface area (Å²) in [6.45, 7) is 4.26. The van der Waals surface area contributed by atoms with Crippen molar-refractivity contribution in [3.63, 3.8) is 0 Å². The summed E-state index contributed by atoms with van der Waals surface area (Å²) in [5.74, 6) is 0. The zero-order valence-corrected chi connectivity index (χ0v) is 32.0. The lowest BCUT2D eigenvalue weighted by Crippen LogP contribution is -1.75. The van der Waals surface area contributed by atoms with Crippen molar-refractivity contribution < 1.29 is 0 Å². The van der Waals surface area contributed by atoms with E-state index in [1.165, 1.54) is 102 Å². The second-order valence-electron chi connectivity index (χ2n) is 13.1. The first-order chi connectivity index (χ1) is 25.0. The van der Waals surface area contributed by atoms with E-state index in [0.29, 0.717) is 0 Å². The lowest BCUT2D eigenvalue weighted by molar-refractivity contribution is 1.46. The Bertz CT molecular complexity index is 2790. The van der Waals surface area contributed by atoms with Crippen molar-refractivity contribution in [1.29, 1.82) is 0 Å². The minimum Gasteiger partial charge on any atom is -0.134 e. The summed E-state index contributed by atoms with van der Waals surface area (Å²) < 4.78 is 11.1. The smallest absolute Gasteiger partial charge is 0.0542 e. The van der Waals surface area contributed by atoms with Gasteiger partial charge in [-0.05, 0) is 72.5 Å². The summed E-state index contributed by atoms with van der Waals surface area (Å²) in [4.78, 5) is 2.58. The van der Waals surface area contributed by atoms with E-state index >= 15 is 0 Å². The summed E-state index contributed by atoms with van der Waals surface area (Å²) in [6, 6.07) is 45.2. The van der Waals surface area contributed by atoms with Gasteiger partial charge in [0.05, 0.1) is 18.8 Å². The van der Waals surface area contributed by atoms with E-state index in [0.717, 1.165) is 0 Å². The molecule has 0 aliphatic heterocycles.